The smallest absolute Gasteiger partial charge is 0.329 e. The van der Waals surface area contributed by atoms with Crippen LogP contribution in [-0.2, 0) is 0 Å². The SMILES string of the molecule is O=c1[nH]c(=O)n([C@@H]2C=C(CO)[C@H](O)C2O)cc1F. The monoisotopic (exact) mass is 258 g/mol. The molecule has 2 rings (SSSR count). The molecule has 8 heteroatoms. The van der Waals surface area contributed by atoms with E-state index in [2.05, 4.69) is 0 Å². The normalized spacial score (nSPS) is 27.3. The minimum Gasteiger partial charge on any atom is -0.392 e. The zero-order chi connectivity index (χ0) is 13.4. The van der Waals surface area contributed by atoms with Gasteiger partial charge in [-0.2, -0.15) is 4.39 Å². The Balaban J connectivity index is 2.51. The molecule has 3 atom stereocenters. The van der Waals surface area contributed by atoms with Gasteiger partial charge in [-0.1, -0.05) is 6.08 Å². The molecular formula is C10H11FN2O5. The fraction of sp³-hybridized carbons (Fsp3) is 0.400. The van der Waals surface area contributed by atoms with E-state index in [1.54, 1.807) is 4.98 Å². The largest absolute Gasteiger partial charge is 0.392 e. The summed E-state index contributed by atoms with van der Waals surface area (Å²) in [6, 6.07) is -1.04. The lowest BCUT2D eigenvalue weighted by Gasteiger charge is -2.18. The molecule has 0 aliphatic heterocycles. The van der Waals surface area contributed by atoms with Crippen LogP contribution in [0, 0.1) is 5.82 Å². The minimum atomic E-state index is -1.39. The van der Waals surface area contributed by atoms with Crippen molar-refractivity contribution in [3.63, 3.8) is 0 Å². The molecule has 1 aliphatic rings. The van der Waals surface area contributed by atoms with Crippen LogP contribution in [0.4, 0.5) is 4.39 Å². The summed E-state index contributed by atoms with van der Waals surface area (Å²) in [5.74, 6) is -1.18. The fourth-order valence-corrected chi connectivity index (χ4v) is 1.90. The molecule has 1 heterocycles. The van der Waals surface area contributed by atoms with Crippen molar-refractivity contribution in [3.05, 3.63) is 44.5 Å². The summed E-state index contributed by atoms with van der Waals surface area (Å²) in [5, 5.41) is 28.2. The molecule has 98 valence electrons. The van der Waals surface area contributed by atoms with Crippen molar-refractivity contribution in [2.24, 2.45) is 0 Å². The van der Waals surface area contributed by atoms with Gasteiger partial charge in [-0.3, -0.25) is 14.3 Å². The summed E-state index contributed by atoms with van der Waals surface area (Å²) in [6.45, 7) is -0.491. The van der Waals surface area contributed by atoms with E-state index in [-0.39, 0.29) is 5.57 Å². The topological polar surface area (TPSA) is 116 Å². The Labute approximate surface area is 99.4 Å². The number of nitrogens with one attached hydrogen (secondary N) is 1. The average Bonchev–Trinajstić information content (AvgIpc) is 2.61. The van der Waals surface area contributed by atoms with Crippen molar-refractivity contribution in [2.45, 2.75) is 18.2 Å². The summed E-state index contributed by atoms with van der Waals surface area (Å²) >= 11 is 0. The second-order valence-electron chi connectivity index (χ2n) is 3.97. The molecule has 0 amide bonds. The number of H-pyrrole nitrogens is 1. The number of aromatic nitrogens is 2. The fourth-order valence-electron chi connectivity index (χ4n) is 1.90. The summed E-state index contributed by atoms with van der Waals surface area (Å²) in [6.07, 6.45) is -0.815. The minimum absolute atomic E-state index is 0.131. The van der Waals surface area contributed by atoms with Gasteiger partial charge in [0.2, 0.25) is 5.82 Å². The number of aromatic amines is 1. The second-order valence-corrected chi connectivity index (χ2v) is 3.97. The van der Waals surface area contributed by atoms with E-state index in [4.69, 9.17) is 5.11 Å². The van der Waals surface area contributed by atoms with E-state index in [0.717, 1.165) is 4.57 Å². The first-order chi connectivity index (χ1) is 8.45. The molecule has 7 nitrogen and oxygen atoms in total. The predicted octanol–water partition coefficient (Wildman–Crippen LogP) is -2.13. The molecule has 0 saturated carbocycles. The summed E-state index contributed by atoms with van der Waals surface area (Å²) in [4.78, 5) is 24.1. The number of halogens is 1. The van der Waals surface area contributed by atoms with Gasteiger partial charge in [-0.15, -0.1) is 0 Å². The molecule has 1 unspecified atom stereocenters. The lowest BCUT2D eigenvalue weighted by molar-refractivity contribution is 0.0269. The maximum Gasteiger partial charge on any atom is 0.329 e. The molecule has 18 heavy (non-hydrogen) atoms. The molecule has 0 saturated heterocycles. The van der Waals surface area contributed by atoms with Gasteiger partial charge >= 0.3 is 5.69 Å². The standard InChI is InChI=1S/C10H11FN2O5/c11-5-2-13(10(18)12-9(5)17)6-1-4(3-14)7(15)8(6)16/h1-2,6-8,14-16H,3H2,(H,12,17,18)/t6-,7+,8?/m1/s1. The number of aliphatic hydroxyl groups is 3. The van der Waals surface area contributed by atoms with Crippen LogP contribution in [0.1, 0.15) is 6.04 Å². The average molecular weight is 258 g/mol. The van der Waals surface area contributed by atoms with E-state index in [0.29, 0.717) is 6.20 Å². The molecule has 1 aromatic heterocycles. The Morgan fingerprint density at radius 3 is 2.61 bits per heavy atom. The van der Waals surface area contributed by atoms with Crippen LogP contribution in [0.5, 0.6) is 0 Å². The van der Waals surface area contributed by atoms with E-state index in [9.17, 15) is 24.2 Å². The van der Waals surface area contributed by atoms with Crippen LogP contribution in [0.25, 0.3) is 0 Å². The van der Waals surface area contributed by atoms with Crippen LogP contribution in [0.15, 0.2) is 27.4 Å². The number of aliphatic hydroxyl groups excluding tert-OH is 3. The third-order valence-corrected chi connectivity index (χ3v) is 2.87. The maximum atomic E-state index is 13.1. The van der Waals surface area contributed by atoms with Gasteiger partial charge in [0.25, 0.3) is 5.56 Å². The van der Waals surface area contributed by atoms with Gasteiger partial charge in [0.05, 0.1) is 18.8 Å². The molecule has 1 aromatic rings. The number of hydrogen-bond donors (Lipinski definition) is 4. The van der Waals surface area contributed by atoms with Gasteiger partial charge < -0.3 is 15.3 Å². The van der Waals surface area contributed by atoms with Gasteiger partial charge in [0.1, 0.15) is 12.2 Å². The number of hydrogen-bond acceptors (Lipinski definition) is 5. The van der Waals surface area contributed by atoms with E-state index < -0.39 is 41.9 Å². The van der Waals surface area contributed by atoms with E-state index in [1.165, 1.54) is 6.08 Å². The highest BCUT2D eigenvalue weighted by Crippen LogP contribution is 2.27. The summed E-state index contributed by atoms with van der Waals surface area (Å²) < 4.78 is 13.9. The number of nitrogens with zero attached hydrogens (tertiary/aromatic N) is 1. The highest BCUT2D eigenvalue weighted by Gasteiger charge is 2.36. The van der Waals surface area contributed by atoms with Crippen LogP contribution in [0.2, 0.25) is 0 Å². The van der Waals surface area contributed by atoms with Crippen LogP contribution in [0.3, 0.4) is 0 Å². The molecule has 0 fully saturated rings. The second kappa shape index (κ2) is 4.48. The predicted molar refractivity (Wildman–Crippen MR) is 57.5 cm³/mol. The third kappa shape index (κ3) is 1.90. The third-order valence-electron chi connectivity index (χ3n) is 2.87. The maximum absolute atomic E-state index is 13.1. The van der Waals surface area contributed by atoms with Gasteiger partial charge in [-0.25, -0.2) is 4.79 Å². The lowest BCUT2D eigenvalue weighted by Crippen LogP contribution is -2.38. The summed E-state index contributed by atoms with van der Waals surface area (Å²) in [5.41, 5.74) is -1.94. The highest BCUT2D eigenvalue weighted by molar-refractivity contribution is 5.23. The van der Waals surface area contributed by atoms with Crippen molar-refractivity contribution in [1.82, 2.24) is 9.55 Å². The first-order valence-electron chi connectivity index (χ1n) is 5.14. The zero-order valence-electron chi connectivity index (χ0n) is 9.08. The van der Waals surface area contributed by atoms with Gasteiger partial charge in [0, 0.05) is 0 Å². The van der Waals surface area contributed by atoms with Crippen molar-refractivity contribution in [2.75, 3.05) is 6.61 Å². The molecule has 1 aliphatic carbocycles. The Morgan fingerprint density at radius 2 is 2.06 bits per heavy atom. The Kier molecular flexibility index (Phi) is 3.16. The zero-order valence-corrected chi connectivity index (χ0v) is 9.08. The lowest BCUT2D eigenvalue weighted by atomic mass is 10.1. The number of rotatable bonds is 2. The molecule has 4 N–H and O–H groups in total. The van der Waals surface area contributed by atoms with Crippen LogP contribution >= 0.6 is 0 Å². The van der Waals surface area contributed by atoms with Crippen molar-refractivity contribution < 1.29 is 19.7 Å². The first-order valence-corrected chi connectivity index (χ1v) is 5.14. The van der Waals surface area contributed by atoms with E-state index >= 15 is 0 Å². The van der Waals surface area contributed by atoms with Crippen molar-refractivity contribution >= 4 is 0 Å². The van der Waals surface area contributed by atoms with Crippen molar-refractivity contribution in [1.29, 1.82) is 0 Å². The van der Waals surface area contributed by atoms with Crippen LogP contribution < -0.4 is 11.2 Å². The Hall–Kier alpha value is -1.77. The first kappa shape index (κ1) is 12.7. The van der Waals surface area contributed by atoms with Gasteiger partial charge in [-0.05, 0) is 5.57 Å². The van der Waals surface area contributed by atoms with Crippen LogP contribution in [-0.4, -0.2) is 43.7 Å². The van der Waals surface area contributed by atoms with Gasteiger partial charge in [0.15, 0.2) is 0 Å². The van der Waals surface area contributed by atoms with Crippen molar-refractivity contribution in [3.8, 4) is 0 Å². The molecule has 0 spiro atoms. The van der Waals surface area contributed by atoms with E-state index in [1.807, 2.05) is 0 Å². The molecule has 0 radical (unpaired) electrons. The Bertz CT molecular complexity index is 605. The highest BCUT2D eigenvalue weighted by atomic mass is 19.1. The summed E-state index contributed by atoms with van der Waals surface area (Å²) in [7, 11) is 0. The molecular weight excluding hydrogens is 247 g/mol. The molecule has 0 aromatic carbocycles. The Morgan fingerprint density at radius 1 is 1.39 bits per heavy atom. The quantitative estimate of drug-likeness (QED) is 0.452. The molecule has 0 bridgehead atoms.